The van der Waals surface area contributed by atoms with Gasteiger partial charge in [0.1, 0.15) is 11.1 Å². The zero-order valence-corrected chi connectivity index (χ0v) is 20.4. The summed E-state index contributed by atoms with van der Waals surface area (Å²) in [5, 5.41) is 41.1. The number of aliphatic carboxylic acids is 2. The fourth-order valence-electron chi connectivity index (χ4n) is 3.79. The Morgan fingerprint density at radius 1 is 1.19 bits per heavy atom. The Kier molecular flexibility index (Phi) is 7.93. The van der Waals surface area contributed by atoms with Crippen LogP contribution in [0.5, 0.6) is 5.88 Å². The molecule has 0 aromatic carbocycles. The predicted octanol–water partition coefficient (Wildman–Crippen LogP) is -0.0485. The highest BCUT2D eigenvalue weighted by Crippen LogP contribution is 2.40. The number of aliphatic hydroxyl groups is 2. The summed E-state index contributed by atoms with van der Waals surface area (Å²) in [7, 11) is 3.66. The first kappa shape index (κ1) is 27.3. The molecule has 37 heavy (non-hydrogen) atoms. The number of aliphatic hydroxyl groups excluding tert-OH is 2. The van der Waals surface area contributed by atoms with Crippen LogP contribution in [0.25, 0.3) is 16.8 Å². The van der Waals surface area contributed by atoms with E-state index in [2.05, 4.69) is 16.8 Å². The Labute approximate surface area is 211 Å². The molecule has 3 aromatic rings. The summed E-state index contributed by atoms with van der Waals surface area (Å²) in [5.41, 5.74) is 2.06. The third-order valence-electron chi connectivity index (χ3n) is 5.91. The van der Waals surface area contributed by atoms with Crippen LogP contribution in [0, 0.1) is 0 Å². The van der Waals surface area contributed by atoms with Gasteiger partial charge in [0, 0.05) is 44.7 Å². The molecule has 1 fully saturated rings. The summed E-state index contributed by atoms with van der Waals surface area (Å²) in [6.07, 6.45) is 5.53. The van der Waals surface area contributed by atoms with Crippen LogP contribution in [0.15, 0.2) is 43.5 Å². The van der Waals surface area contributed by atoms with E-state index in [4.69, 9.17) is 30.1 Å². The van der Waals surface area contributed by atoms with Gasteiger partial charge in [-0.1, -0.05) is 6.58 Å². The van der Waals surface area contributed by atoms with Gasteiger partial charge in [-0.25, -0.2) is 19.1 Å². The molecule has 1 aliphatic carbocycles. The van der Waals surface area contributed by atoms with Crippen molar-refractivity contribution in [3.05, 3.63) is 43.5 Å². The van der Waals surface area contributed by atoms with Crippen LogP contribution in [0.1, 0.15) is 19.8 Å². The Hall–Kier alpha value is -4.30. The molecular weight excluding hydrogens is 488 g/mol. The average molecular weight is 517 g/mol. The maximum absolute atomic E-state index is 11.8. The highest BCUT2D eigenvalue weighted by atomic mass is 16.5. The van der Waals surface area contributed by atoms with Crippen molar-refractivity contribution in [1.29, 1.82) is 0 Å². The smallest absolute Gasteiger partial charge is 0.335 e. The minimum absolute atomic E-state index is 0.0723. The van der Waals surface area contributed by atoms with Gasteiger partial charge in [0.05, 0.1) is 24.3 Å². The first-order valence-electron chi connectivity index (χ1n) is 11.1. The highest BCUT2D eigenvalue weighted by molar-refractivity contribution is 5.87. The number of hydrogen-bond acceptors (Lipinski definition) is 9. The van der Waals surface area contributed by atoms with E-state index >= 15 is 0 Å². The normalized spacial score (nSPS) is 20.1. The molecule has 0 bridgehead atoms. The molecule has 3 aromatic heterocycles. The van der Waals surface area contributed by atoms with Crippen molar-refractivity contribution in [1.82, 2.24) is 29.3 Å². The van der Waals surface area contributed by atoms with E-state index < -0.39 is 24.1 Å². The van der Waals surface area contributed by atoms with Crippen LogP contribution in [-0.4, -0.2) is 98.4 Å². The lowest BCUT2D eigenvalue weighted by Gasteiger charge is -2.48. The number of fused-ring (bicyclic) bond motifs is 1. The van der Waals surface area contributed by atoms with E-state index in [-0.39, 0.29) is 17.6 Å². The van der Waals surface area contributed by atoms with Gasteiger partial charge in [0.2, 0.25) is 11.8 Å². The van der Waals surface area contributed by atoms with Crippen molar-refractivity contribution in [2.45, 2.75) is 43.6 Å². The lowest BCUT2D eigenvalue weighted by atomic mass is 9.76. The molecule has 4 rings (SSSR count). The lowest BCUT2D eigenvalue weighted by Crippen LogP contribution is -2.56. The van der Waals surface area contributed by atoms with E-state index in [9.17, 15) is 14.4 Å². The van der Waals surface area contributed by atoms with Crippen molar-refractivity contribution in [2.75, 3.05) is 7.05 Å². The number of carbonyl (C=O) groups excluding carboxylic acids is 1. The molecule has 1 saturated carbocycles. The molecule has 4 N–H and O–H groups in total. The van der Waals surface area contributed by atoms with Gasteiger partial charge in [0.15, 0.2) is 12.2 Å². The summed E-state index contributed by atoms with van der Waals surface area (Å²) in [4.78, 5) is 37.8. The van der Waals surface area contributed by atoms with Crippen molar-refractivity contribution in [2.24, 2.45) is 7.05 Å². The second-order valence-corrected chi connectivity index (χ2v) is 8.83. The van der Waals surface area contributed by atoms with Gasteiger partial charge >= 0.3 is 11.9 Å². The molecule has 2 atom stereocenters. The summed E-state index contributed by atoms with van der Waals surface area (Å²) >= 11 is 0. The molecule has 2 unspecified atom stereocenters. The first-order chi connectivity index (χ1) is 17.3. The van der Waals surface area contributed by atoms with Gasteiger partial charge in [-0.3, -0.25) is 9.48 Å². The number of carbonyl (C=O) groups is 3. The highest BCUT2D eigenvalue weighted by Gasteiger charge is 2.46. The lowest BCUT2D eigenvalue weighted by molar-refractivity contribution is -0.165. The van der Waals surface area contributed by atoms with Crippen molar-refractivity contribution < 1.29 is 39.5 Å². The number of amides is 1. The molecule has 1 aliphatic rings. The van der Waals surface area contributed by atoms with E-state index in [1.54, 1.807) is 33.5 Å². The first-order valence-corrected chi connectivity index (χ1v) is 11.1. The number of aryl methyl sites for hydroxylation is 1. The number of nitrogens with zero attached hydrogens (tertiary/aromatic N) is 6. The number of rotatable bonds is 8. The summed E-state index contributed by atoms with van der Waals surface area (Å²) in [5.74, 6) is -3.07. The van der Waals surface area contributed by atoms with Gasteiger partial charge in [-0.15, -0.1) is 0 Å². The van der Waals surface area contributed by atoms with Gasteiger partial charge in [-0.2, -0.15) is 10.2 Å². The molecule has 14 heteroatoms. The van der Waals surface area contributed by atoms with Crippen LogP contribution >= 0.6 is 0 Å². The Morgan fingerprint density at radius 2 is 1.81 bits per heavy atom. The zero-order chi connectivity index (χ0) is 27.5. The Bertz CT molecular complexity index is 1290. The third kappa shape index (κ3) is 6.10. The largest absolute Gasteiger partial charge is 0.479 e. The van der Waals surface area contributed by atoms with Crippen LogP contribution in [0.4, 0.5) is 0 Å². The van der Waals surface area contributed by atoms with Gasteiger partial charge < -0.3 is 30.1 Å². The maximum atomic E-state index is 11.8. The summed E-state index contributed by atoms with van der Waals surface area (Å²) in [6, 6.07) is 2.02. The number of hydrogen-bond donors (Lipinski definition) is 4. The van der Waals surface area contributed by atoms with Crippen LogP contribution in [0.2, 0.25) is 0 Å². The number of aromatic nitrogens is 5. The second kappa shape index (κ2) is 10.8. The Balaban J connectivity index is 0.000000325. The van der Waals surface area contributed by atoms with Crippen LogP contribution < -0.4 is 4.74 Å². The quantitative estimate of drug-likeness (QED) is 0.293. The van der Waals surface area contributed by atoms with Crippen LogP contribution in [-0.2, 0) is 21.4 Å². The summed E-state index contributed by atoms with van der Waals surface area (Å²) in [6.45, 7) is 5.59. The fourth-order valence-corrected chi connectivity index (χ4v) is 3.79. The van der Waals surface area contributed by atoms with E-state index in [1.807, 2.05) is 32.4 Å². The van der Waals surface area contributed by atoms with Gasteiger partial charge in [-0.05, 0) is 19.1 Å². The average Bonchev–Trinajstić information content (AvgIpc) is 3.49. The Morgan fingerprint density at radius 3 is 2.32 bits per heavy atom. The van der Waals surface area contributed by atoms with Crippen molar-refractivity contribution in [3.8, 4) is 17.1 Å². The monoisotopic (exact) mass is 516 g/mol. The maximum Gasteiger partial charge on any atom is 0.335 e. The second-order valence-electron chi connectivity index (χ2n) is 8.83. The molecule has 1 amide bonds. The van der Waals surface area contributed by atoms with Gasteiger partial charge in [0.25, 0.3) is 0 Å². The standard InChI is InChI=1S/C19H22N6O2.C4H6O6/c1-5-17(26)24(4)14-8-19(2,9-14)27-18-16-6-7-20-25(16)12-15(22-18)13-10-21-23(3)11-13;5-1(3(7)8)2(6)4(9)10/h5-7,10-12,14H,1,8-9H2,2-4H3;1-2,5-6H,(H,7,8)(H,9,10). The number of carboxylic acids is 2. The van der Waals surface area contributed by atoms with Crippen LogP contribution in [0.3, 0.4) is 0 Å². The minimum Gasteiger partial charge on any atom is -0.479 e. The molecule has 0 radical (unpaired) electrons. The van der Waals surface area contributed by atoms with Crippen molar-refractivity contribution >= 4 is 23.4 Å². The minimum atomic E-state index is -2.27. The molecule has 3 heterocycles. The van der Waals surface area contributed by atoms with Crippen molar-refractivity contribution in [3.63, 3.8) is 0 Å². The van der Waals surface area contributed by atoms with E-state index in [0.717, 1.165) is 29.6 Å². The number of likely N-dealkylation sites (N-methyl/N-ethyl adjacent to an activating group) is 1. The predicted molar refractivity (Wildman–Crippen MR) is 127 cm³/mol. The summed E-state index contributed by atoms with van der Waals surface area (Å²) < 4.78 is 9.80. The number of ether oxygens (including phenoxy) is 1. The topological polar surface area (TPSA) is 193 Å². The molecule has 0 saturated heterocycles. The number of carboxylic acid groups (broad SMARTS) is 2. The SMILES string of the molecule is C=CC(=O)N(C)C1CC(C)(Oc2nc(-c3cnn(C)c3)cn3nccc23)C1.O=C(O)C(O)C(O)C(=O)O. The molecule has 14 nitrogen and oxygen atoms in total. The van der Waals surface area contributed by atoms with E-state index in [0.29, 0.717) is 5.88 Å². The molecular formula is C23H28N6O8. The molecule has 0 spiro atoms. The zero-order valence-electron chi connectivity index (χ0n) is 20.4. The fraction of sp³-hybridized carbons (Fsp3) is 0.391. The molecule has 0 aliphatic heterocycles. The van der Waals surface area contributed by atoms with E-state index in [1.165, 1.54) is 6.08 Å². The third-order valence-corrected chi connectivity index (χ3v) is 5.91. The molecule has 198 valence electrons.